The molecule has 0 spiro atoms. The minimum absolute atomic E-state index is 0.0664. The van der Waals surface area contributed by atoms with Crippen LogP contribution >= 0.6 is 0 Å². The summed E-state index contributed by atoms with van der Waals surface area (Å²) >= 11 is 0. The van der Waals surface area contributed by atoms with E-state index in [1.807, 2.05) is 31.3 Å². The molecule has 8 nitrogen and oxygen atoms in total. The van der Waals surface area contributed by atoms with Gasteiger partial charge in [0, 0.05) is 43.1 Å². The summed E-state index contributed by atoms with van der Waals surface area (Å²) in [6.45, 7) is 3.40. The summed E-state index contributed by atoms with van der Waals surface area (Å²) in [5.41, 5.74) is 3.14. The molecule has 3 aromatic heterocycles. The Morgan fingerprint density at radius 2 is 2.11 bits per heavy atom. The molecule has 3 aromatic rings. The molecule has 0 radical (unpaired) electrons. The lowest BCUT2D eigenvalue weighted by Gasteiger charge is -2.17. The average molecular weight is 363 g/mol. The molecule has 2 fully saturated rings. The third kappa shape index (κ3) is 3.01. The highest BCUT2D eigenvalue weighted by Crippen LogP contribution is 2.39. The molecule has 5 rings (SSSR count). The topological polar surface area (TPSA) is 88.3 Å². The summed E-state index contributed by atoms with van der Waals surface area (Å²) in [7, 11) is 0. The number of nitrogens with one attached hydrogen (secondary N) is 1. The molecule has 1 amide bonds. The summed E-state index contributed by atoms with van der Waals surface area (Å²) in [5, 5.41) is 11.6. The average Bonchev–Trinajstić information content (AvgIpc) is 3.33. The highest BCUT2D eigenvalue weighted by Gasteiger charge is 2.29. The fourth-order valence-electron chi connectivity index (χ4n) is 3.72. The molecule has 1 aliphatic carbocycles. The predicted octanol–water partition coefficient (Wildman–Crippen LogP) is 1.71. The minimum Gasteiger partial charge on any atom is -0.347 e. The molecule has 27 heavy (non-hydrogen) atoms. The second-order valence-corrected chi connectivity index (χ2v) is 7.32. The number of amides is 1. The molecule has 4 heterocycles. The lowest BCUT2D eigenvalue weighted by molar-refractivity contribution is 0.0941. The number of hydrogen-bond donors (Lipinski definition) is 1. The van der Waals surface area contributed by atoms with Gasteiger partial charge in [-0.05, 0) is 44.4 Å². The maximum atomic E-state index is 12.8. The number of hydrogen-bond acceptors (Lipinski definition) is 6. The monoisotopic (exact) mass is 363 g/mol. The SMILES string of the molecule is Cc1nn2ncccc2c1C(=O)NC1CCN(c2nccc(C3CC3)n2)C1. The largest absolute Gasteiger partial charge is 0.347 e. The molecular weight excluding hydrogens is 342 g/mol. The smallest absolute Gasteiger partial charge is 0.255 e. The Hall–Kier alpha value is -3.03. The Balaban J connectivity index is 1.30. The van der Waals surface area contributed by atoms with Crippen LogP contribution in [0.2, 0.25) is 0 Å². The van der Waals surface area contributed by atoms with Gasteiger partial charge in [0.1, 0.15) is 5.52 Å². The second kappa shape index (κ2) is 6.29. The van der Waals surface area contributed by atoms with Gasteiger partial charge >= 0.3 is 0 Å². The number of aryl methyl sites for hydroxylation is 1. The molecule has 138 valence electrons. The van der Waals surface area contributed by atoms with Crippen LogP contribution in [-0.4, -0.2) is 49.8 Å². The van der Waals surface area contributed by atoms with Crippen molar-refractivity contribution in [3.63, 3.8) is 0 Å². The molecule has 0 bridgehead atoms. The van der Waals surface area contributed by atoms with E-state index in [1.165, 1.54) is 17.5 Å². The number of rotatable bonds is 4. The van der Waals surface area contributed by atoms with E-state index in [1.54, 1.807) is 6.20 Å². The lowest BCUT2D eigenvalue weighted by Crippen LogP contribution is -2.37. The number of fused-ring (bicyclic) bond motifs is 1. The van der Waals surface area contributed by atoms with Gasteiger partial charge in [-0.15, -0.1) is 0 Å². The van der Waals surface area contributed by atoms with E-state index < -0.39 is 0 Å². The maximum absolute atomic E-state index is 12.8. The van der Waals surface area contributed by atoms with E-state index in [-0.39, 0.29) is 11.9 Å². The first-order valence-electron chi connectivity index (χ1n) is 9.38. The summed E-state index contributed by atoms with van der Waals surface area (Å²) < 4.78 is 1.50. The van der Waals surface area contributed by atoms with E-state index in [4.69, 9.17) is 4.98 Å². The predicted molar refractivity (Wildman–Crippen MR) is 99.8 cm³/mol. The van der Waals surface area contributed by atoms with Crippen molar-refractivity contribution >= 4 is 17.4 Å². The Labute approximate surface area is 156 Å². The molecule has 2 aliphatic rings. The Morgan fingerprint density at radius 3 is 2.96 bits per heavy atom. The van der Waals surface area contributed by atoms with E-state index in [0.717, 1.165) is 36.7 Å². The molecule has 8 heteroatoms. The Bertz CT molecular complexity index is 1010. The number of carbonyl (C=O) groups excluding carboxylic acids is 1. The summed E-state index contributed by atoms with van der Waals surface area (Å²) in [6, 6.07) is 5.75. The van der Waals surface area contributed by atoms with Crippen molar-refractivity contribution in [3.05, 3.63) is 47.5 Å². The van der Waals surface area contributed by atoms with Crippen molar-refractivity contribution in [1.82, 2.24) is 30.1 Å². The first kappa shape index (κ1) is 16.2. The minimum atomic E-state index is -0.102. The number of aromatic nitrogens is 5. The molecule has 1 N–H and O–H groups in total. The van der Waals surface area contributed by atoms with Crippen LogP contribution in [0, 0.1) is 6.92 Å². The number of anilines is 1. The zero-order valence-electron chi connectivity index (χ0n) is 15.2. The Kier molecular flexibility index (Phi) is 3.77. The van der Waals surface area contributed by atoms with Gasteiger partial charge in [-0.25, -0.2) is 9.97 Å². The quantitative estimate of drug-likeness (QED) is 0.759. The van der Waals surface area contributed by atoms with Gasteiger partial charge in [0.2, 0.25) is 5.95 Å². The van der Waals surface area contributed by atoms with Gasteiger partial charge in [-0.3, -0.25) is 4.79 Å². The number of carbonyl (C=O) groups is 1. The van der Waals surface area contributed by atoms with Crippen molar-refractivity contribution in [2.75, 3.05) is 18.0 Å². The van der Waals surface area contributed by atoms with E-state index >= 15 is 0 Å². The molecule has 1 unspecified atom stereocenters. The second-order valence-electron chi connectivity index (χ2n) is 7.32. The van der Waals surface area contributed by atoms with E-state index in [0.29, 0.717) is 17.2 Å². The van der Waals surface area contributed by atoms with E-state index in [2.05, 4.69) is 25.4 Å². The fraction of sp³-hybridized carbons (Fsp3) is 0.421. The van der Waals surface area contributed by atoms with Crippen LogP contribution in [0.4, 0.5) is 5.95 Å². The van der Waals surface area contributed by atoms with Gasteiger partial charge < -0.3 is 10.2 Å². The van der Waals surface area contributed by atoms with Gasteiger partial charge in [-0.1, -0.05) is 0 Å². The van der Waals surface area contributed by atoms with Gasteiger partial charge in [-0.2, -0.15) is 14.8 Å². The standard InChI is InChI=1S/C19H21N7O/c1-12-17(16-3-2-8-21-26(16)24-12)18(27)22-14-7-10-25(11-14)19-20-9-6-15(23-19)13-4-5-13/h2-3,6,8-9,13-14H,4-5,7,10-11H2,1H3,(H,22,27). The molecule has 1 saturated heterocycles. The highest BCUT2D eigenvalue weighted by molar-refractivity contribution is 6.02. The zero-order valence-corrected chi connectivity index (χ0v) is 15.2. The fourth-order valence-corrected chi connectivity index (χ4v) is 3.72. The van der Waals surface area contributed by atoms with E-state index in [9.17, 15) is 4.79 Å². The molecule has 1 atom stereocenters. The third-order valence-corrected chi connectivity index (χ3v) is 5.29. The van der Waals surface area contributed by atoms with Crippen molar-refractivity contribution in [3.8, 4) is 0 Å². The van der Waals surface area contributed by atoms with Crippen LogP contribution in [0.5, 0.6) is 0 Å². The lowest BCUT2D eigenvalue weighted by atomic mass is 10.1. The molecule has 1 aliphatic heterocycles. The summed E-state index contributed by atoms with van der Waals surface area (Å²) in [6.07, 6.45) is 6.83. The zero-order chi connectivity index (χ0) is 18.4. The summed E-state index contributed by atoms with van der Waals surface area (Å²) in [4.78, 5) is 24.1. The third-order valence-electron chi connectivity index (χ3n) is 5.29. The van der Waals surface area contributed by atoms with Crippen LogP contribution in [0.25, 0.3) is 5.52 Å². The molecule has 0 aromatic carbocycles. The first-order valence-corrected chi connectivity index (χ1v) is 9.38. The maximum Gasteiger partial charge on any atom is 0.255 e. The van der Waals surface area contributed by atoms with Gasteiger partial charge in [0.05, 0.1) is 11.3 Å². The van der Waals surface area contributed by atoms with Crippen LogP contribution in [0.1, 0.15) is 46.9 Å². The van der Waals surface area contributed by atoms with Crippen LogP contribution in [0.3, 0.4) is 0 Å². The van der Waals surface area contributed by atoms with Crippen LogP contribution in [0.15, 0.2) is 30.6 Å². The normalized spacial score (nSPS) is 19.6. The van der Waals surface area contributed by atoms with Crippen molar-refractivity contribution in [1.29, 1.82) is 0 Å². The van der Waals surface area contributed by atoms with Crippen molar-refractivity contribution in [2.45, 2.75) is 38.1 Å². The van der Waals surface area contributed by atoms with Crippen molar-refractivity contribution < 1.29 is 4.79 Å². The molecule has 1 saturated carbocycles. The number of nitrogens with zero attached hydrogens (tertiary/aromatic N) is 6. The summed E-state index contributed by atoms with van der Waals surface area (Å²) in [5.74, 6) is 1.28. The van der Waals surface area contributed by atoms with Gasteiger partial charge in [0.25, 0.3) is 5.91 Å². The molecular formula is C19H21N7O. The Morgan fingerprint density at radius 1 is 1.22 bits per heavy atom. The van der Waals surface area contributed by atoms with Crippen molar-refractivity contribution in [2.24, 2.45) is 0 Å². The first-order chi connectivity index (χ1) is 13.2. The highest BCUT2D eigenvalue weighted by atomic mass is 16.1. The van der Waals surface area contributed by atoms with Crippen LogP contribution in [-0.2, 0) is 0 Å². The van der Waals surface area contributed by atoms with Gasteiger partial charge in [0.15, 0.2) is 0 Å². The van der Waals surface area contributed by atoms with Crippen LogP contribution < -0.4 is 10.2 Å².